The molecule has 0 spiro atoms. The molecule has 1 atom stereocenters. The highest BCUT2D eigenvalue weighted by atomic mass is 16.5. The van der Waals surface area contributed by atoms with Gasteiger partial charge in [-0.2, -0.15) is 0 Å². The number of nitrogens with one attached hydrogen (secondary N) is 1. The average Bonchev–Trinajstić information content (AvgIpc) is 2.34. The van der Waals surface area contributed by atoms with Gasteiger partial charge in [0.15, 0.2) is 0 Å². The van der Waals surface area contributed by atoms with E-state index in [1.165, 1.54) is 6.29 Å². The monoisotopic (exact) mass is 222 g/mol. The third-order valence-corrected chi connectivity index (χ3v) is 1.83. The van der Waals surface area contributed by atoms with E-state index < -0.39 is 18.7 Å². The lowest BCUT2D eigenvalue weighted by Crippen LogP contribution is -2.38. The van der Waals surface area contributed by atoms with Gasteiger partial charge in [-0.25, -0.2) is 4.79 Å². The molecule has 85 valence electrons. The minimum absolute atomic E-state index is 0.115. The summed E-state index contributed by atoms with van der Waals surface area (Å²) in [4.78, 5) is 21.3. The zero-order chi connectivity index (χ0) is 11.8. The number of ether oxygens (including phenoxy) is 1. The van der Waals surface area contributed by atoms with Crippen LogP contribution in [0.3, 0.4) is 0 Å². The molecule has 0 fully saturated rings. The van der Waals surface area contributed by atoms with Crippen molar-refractivity contribution in [1.82, 2.24) is 5.32 Å². The van der Waals surface area contributed by atoms with Gasteiger partial charge in [-0.3, -0.25) is 4.79 Å². The largest absolute Gasteiger partial charge is 0.445 e. The van der Waals surface area contributed by atoms with Gasteiger partial charge in [-0.15, -0.1) is 0 Å². The number of rotatable bonds is 5. The van der Waals surface area contributed by atoms with Crippen molar-refractivity contribution < 1.29 is 19.4 Å². The Hall–Kier alpha value is -1.88. The van der Waals surface area contributed by atoms with E-state index in [0.717, 1.165) is 5.56 Å². The van der Waals surface area contributed by atoms with Crippen LogP contribution in [0.15, 0.2) is 30.3 Å². The highest BCUT2D eigenvalue weighted by Crippen LogP contribution is 2.00. The van der Waals surface area contributed by atoms with Crippen molar-refractivity contribution in [2.24, 2.45) is 0 Å². The van der Waals surface area contributed by atoms with Crippen LogP contribution in [0.2, 0.25) is 0 Å². The van der Waals surface area contributed by atoms with Crippen molar-refractivity contribution in [3.05, 3.63) is 35.9 Å². The molecule has 1 radical (unpaired) electrons. The molecule has 0 aliphatic heterocycles. The van der Waals surface area contributed by atoms with Gasteiger partial charge < -0.3 is 15.2 Å². The topological polar surface area (TPSA) is 75.6 Å². The maximum Gasteiger partial charge on any atom is 0.408 e. The van der Waals surface area contributed by atoms with Crippen LogP contribution >= 0.6 is 0 Å². The Morgan fingerprint density at radius 1 is 1.44 bits per heavy atom. The van der Waals surface area contributed by atoms with E-state index in [1.54, 1.807) is 0 Å². The number of carbonyl (C=O) groups excluding carboxylic acids is 2. The number of alkyl carbamates (subject to hydrolysis) is 1. The summed E-state index contributed by atoms with van der Waals surface area (Å²) < 4.78 is 4.82. The highest BCUT2D eigenvalue weighted by Gasteiger charge is 2.11. The molecule has 1 unspecified atom stereocenters. The lowest BCUT2D eigenvalue weighted by Gasteiger charge is -2.09. The van der Waals surface area contributed by atoms with E-state index in [2.05, 4.69) is 5.32 Å². The van der Waals surface area contributed by atoms with Crippen LogP contribution in [-0.2, 0) is 16.1 Å². The quantitative estimate of drug-likeness (QED) is 0.755. The molecular formula is C11H12NO4. The van der Waals surface area contributed by atoms with Gasteiger partial charge in [0.25, 0.3) is 0 Å². The van der Waals surface area contributed by atoms with Crippen LogP contribution < -0.4 is 5.32 Å². The first-order valence-corrected chi connectivity index (χ1v) is 4.72. The Morgan fingerprint density at radius 3 is 2.69 bits per heavy atom. The van der Waals surface area contributed by atoms with Crippen LogP contribution in [0.25, 0.3) is 0 Å². The van der Waals surface area contributed by atoms with Crippen molar-refractivity contribution in [3.63, 3.8) is 0 Å². The van der Waals surface area contributed by atoms with E-state index in [9.17, 15) is 9.59 Å². The lowest BCUT2D eigenvalue weighted by molar-refractivity contribution is 0.133. The van der Waals surface area contributed by atoms with Gasteiger partial charge in [-0.1, -0.05) is 30.3 Å². The minimum Gasteiger partial charge on any atom is -0.445 e. The summed E-state index contributed by atoms with van der Waals surface area (Å²) in [5, 5.41) is 10.8. The summed E-state index contributed by atoms with van der Waals surface area (Å²) in [7, 11) is 0. The van der Waals surface area contributed by atoms with Gasteiger partial charge in [0.05, 0.1) is 6.61 Å². The zero-order valence-corrected chi connectivity index (χ0v) is 8.55. The predicted molar refractivity (Wildman–Crippen MR) is 56.3 cm³/mol. The molecule has 1 rings (SSSR count). The number of amides is 1. The second kappa shape index (κ2) is 6.58. The van der Waals surface area contributed by atoms with Crippen LogP contribution in [0.4, 0.5) is 4.79 Å². The third kappa shape index (κ3) is 4.10. The molecule has 0 bridgehead atoms. The average molecular weight is 222 g/mol. The fourth-order valence-corrected chi connectivity index (χ4v) is 1.02. The molecular weight excluding hydrogens is 210 g/mol. The molecule has 1 aromatic rings. The number of benzene rings is 1. The molecule has 0 aromatic heterocycles. The summed E-state index contributed by atoms with van der Waals surface area (Å²) in [6.07, 6.45) is 0.711. The summed E-state index contributed by atoms with van der Waals surface area (Å²) in [5.74, 6) is 0. The van der Waals surface area contributed by atoms with Gasteiger partial charge >= 0.3 is 6.09 Å². The number of aliphatic hydroxyl groups excluding tert-OH is 1. The van der Waals surface area contributed by atoms with Crippen LogP contribution in [-0.4, -0.2) is 30.1 Å². The van der Waals surface area contributed by atoms with Gasteiger partial charge in [0.1, 0.15) is 12.6 Å². The maximum absolute atomic E-state index is 11.1. The van der Waals surface area contributed by atoms with E-state index in [1.807, 2.05) is 30.3 Å². The van der Waals surface area contributed by atoms with E-state index in [0.29, 0.717) is 0 Å². The van der Waals surface area contributed by atoms with Crippen molar-refractivity contribution in [3.8, 4) is 0 Å². The SMILES string of the molecule is O=[C]C(CO)NC(=O)OCc1ccccc1. The standard InChI is InChI=1S/C11H12NO4/c13-6-10(7-14)12-11(15)16-8-9-4-2-1-3-5-9/h1-5,10,13H,6,8H2,(H,12,15). The normalized spacial score (nSPS) is 11.6. The zero-order valence-electron chi connectivity index (χ0n) is 8.55. The summed E-state index contributed by atoms with van der Waals surface area (Å²) in [5.41, 5.74) is 0.841. The molecule has 2 N–H and O–H groups in total. The summed E-state index contributed by atoms with van der Waals surface area (Å²) in [6.45, 7) is -0.381. The number of hydrogen-bond donors (Lipinski definition) is 2. The maximum atomic E-state index is 11.1. The Labute approximate surface area is 93.0 Å². The first-order chi connectivity index (χ1) is 7.76. The van der Waals surface area contributed by atoms with Crippen LogP contribution in [0.1, 0.15) is 5.56 Å². The molecule has 1 amide bonds. The fraction of sp³-hybridized carbons (Fsp3) is 0.273. The van der Waals surface area contributed by atoms with Gasteiger partial charge in [0.2, 0.25) is 6.29 Å². The fourth-order valence-electron chi connectivity index (χ4n) is 1.02. The molecule has 5 heteroatoms. The molecule has 0 heterocycles. The lowest BCUT2D eigenvalue weighted by atomic mass is 10.2. The predicted octanol–water partition coefficient (Wildman–Crippen LogP) is 0.383. The molecule has 0 saturated carbocycles. The molecule has 1 aromatic carbocycles. The Morgan fingerprint density at radius 2 is 2.12 bits per heavy atom. The Balaban J connectivity index is 2.33. The van der Waals surface area contributed by atoms with Gasteiger partial charge in [0, 0.05) is 0 Å². The number of carbonyl (C=O) groups is 1. The van der Waals surface area contributed by atoms with E-state index in [4.69, 9.17) is 9.84 Å². The number of hydrogen-bond acceptors (Lipinski definition) is 4. The van der Waals surface area contributed by atoms with Crippen molar-refractivity contribution in [2.45, 2.75) is 12.6 Å². The van der Waals surface area contributed by atoms with Crippen molar-refractivity contribution >= 4 is 12.4 Å². The Bertz CT molecular complexity index is 339. The highest BCUT2D eigenvalue weighted by molar-refractivity contribution is 5.73. The molecule has 0 aliphatic carbocycles. The van der Waals surface area contributed by atoms with Gasteiger partial charge in [-0.05, 0) is 5.56 Å². The first-order valence-electron chi connectivity index (χ1n) is 4.72. The van der Waals surface area contributed by atoms with Crippen molar-refractivity contribution in [1.29, 1.82) is 0 Å². The minimum atomic E-state index is -1.04. The van der Waals surface area contributed by atoms with E-state index in [-0.39, 0.29) is 6.61 Å². The molecule has 0 aliphatic rings. The molecule has 0 saturated heterocycles. The van der Waals surface area contributed by atoms with Crippen LogP contribution in [0, 0.1) is 0 Å². The summed E-state index contributed by atoms with van der Waals surface area (Å²) in [6, 6.07) is 8.08. The summed E-state index contributed by atoms with van der Waals surface area (Å²) >= 11 is 0. The van der Waals surface area contributed by atoms with Crippen LogP contribution in [0.5, 0.6) is 0 Å². The molecule has 5 nitrogen and oxygen atoms in total. The second-order valence-electron chi connectivity index (χ2n) is 3.06. The Kier molecular flexibility index (Phi) is 5.01. The second-order valence-corrected chi connectivity index (χ2v) is 3.06. The number of aliphatic hydroxyl groups is 1. The first kappa shape index (κ1) is 12.2. The van der Waals surface area contributed by atoms with Crippen molar-refractivity contribution in [2.75, 3.05) is 6.61 Å². The third-order valence-electron chi connectivity index (χ3n) is 1.83. The smallest absolute Gasteiger partial charge is 0.408 e. The molecule has 16 heavy (non-hydrogen) atoms. The van der Waals surface area contributed by atoms with E-state index >= 15 is 0 Å².